The van der Waals surface area contributed by atoms with Crippen LogP contribution in [0.3, 0.4) is 0 Å². The van der Waals surface area contributed by atoms with Gasteiger partial charge < -0.3 is 10.8 Å². The van der Waals surface area contributed by atoms with Gasteiger partial charge in [-0.05, 0) is 65.5 Å². The molecule has 0 bridgehead atoms. The van der Waals surface area contributed by atoms with Crippen LogP contribution >= 0.6 is 22.6 Å². The molecular weight excluding hydrogens is 305 g/mol. The van der Waals surface area contributed by atoms with E-state index in [0.29, 0.717) is 5.69 Å². The van der Waals surface area contributed by atoms with Gasteiger partial charge in [0, 0.05) is 9.26 Å². The molecule has 3 nitrogen and oxygen atoms in total. The van der Waals surface area contributed by atoms with Crippen LogP contribution in [0.5, 0.6) is 0 Å². The van der Waals surface area contributed by atoms with E-state index in [2.05, 4.69) is 22.6 Å². The fourth-order valence-corrected chi connectivity index (χ4v) is 3.00. The molecule has 0 saturated heterocycles. The highest BCUT2D eigenvalue weighted by molar-refractivity contribution is 14.1. The molecule has 0 saturated carbocycles. The summed E-state index contributed by atoms with van der Waals surface area (Å²) in [4.78, 5) is 11.0. The second-order valence-corrected chi connectivity index (χ2v) is 4.95. The van der Waals surface area contributed by atoms with Crippen LogP contribution in [0.4, 0.5) is 5.69 Å². The first-order valence-electron chi connectivity index (χ1n) is 4.94. The predicted octanol–water partition coefficient (Wildman–Crippen LogP) is 2.45. The summed E-state index contributed by atoms with van der Waals surface area (Å²) in [6.07, 6.45) is 4.22. The van der Waals surface area contributed by atoms with E-state index in [-0.39, 0.29) is 5.56 Å². The van der Waals surface area contributed by atoms with Crippen molar-refractivity contribution in [3.8, 4) is 0 Å². The number of aromatic carboxylic acids is 1. The standard InChI is InChI=1S/C11H12INO2/c12-9-5-8(11(14)15)10(13)7-4-2-1-3-6(7)9/h5H,1-4,13H2,(H,14,15). The highest BCUT2D eigenvalue weighted by atomic mass is 127. The third-order valence-corrected chi connectivity index (χ3v) is 3.84. The largest absolute Gasteiger partial charge is 0.478 e. The van der Waals surface area contributed by atoms with Gasteiger partial charge in [-0.25, -0.2) is 4.79 Å². The normalized spacial score (nSPS) is 14.7. The molecule has 4 heteroatoms. The van der Waals surface area contributed by atoms with Gasteiger partial charge >= 0.3 is 5.97 Å². The van der Waals surface area contributed by atoms with Gasteiger partial charge in [0.15, 0.2) is 0 Å². The lowest BCUT2D eigenvalue weighted by Gasteiger charge is -2.20. The molecule has 1 aromatic rings. The molecule has 0 aliphatic heterocycles. The number of nitrogens with two attached hydrogens (primary N) is 1. The Kier molecular flexibility index (Phi) is 2.86. The molecule has 0 atom stereocenters. The quantitative estimate of drug-likeness (QED) is 0.618. The highest BCUT2D eigenvalue weighted by Gasteiger charge is 2.20. The van der Waals surface area contributed by atoms with Crippen molar-refractivity contribution in [2.75, 3.05) is 5.73 Å². The molecule has 80 valence electrons. The zero-order chi connectivity index (χ0) is 11.0. The Morgan fingerprint density at radius 2 is 1.93 bits per heavy atom. The number of fused-ring (bicyclic) bond motifs is 1. The van der Waals surface area contributed by atoms with Gasteiger partial charge in [-0.15, -0.1) is 0 Å². The first-order valence-corrected chi connectivity index (χ1v) is 6.02. The molecule has 1 aliphatic rings. The monoisotopic (exact) mass is 317 g/mol. The molecule has 0 aromatic heterocycles. The maximum Gasteiger partial charge on any atom is 0.337 e. The van der Waals surface area contributed by atoms with Gasteiger partial charge in [-0.3, -0.25) is 0 Å². The minimum Gasteiger partial charge on any atom is -0.478 e. The molecule has 1 aromatic carbocycles. The summed E-state index contributed by atoms with van der Waals surface area (Å²) in [5, 5.41) is 9.01. The van der Waals surface area contributed by atoms with E-state index in [1.807, 2.05) is 0 Å². The van der Waals surface area contributed by atoms with Crippen LogP contribution in [0.25, 0.3) is 0 Å². The van der Waals surface area contributed by atoms with Crippen LogP contribution in [-0.4, -0.2) is 11.1 Å². The SMILES string of the molecule is Nc1c(C(=O)O)cc(I)c2c1CCCC2. The Morgan fingerprint density at radius 3 is 2.53 bits per heavy atom. The smallest absolute Gasteiger partial charge is 0.337 e. The van der Waals surface area contributed by atoms with Crippen molar-refractivity contribution in [1.82, 2.24) is 0 Å². The van der Waals surface area contributed by atoms with Crippen molar-refractivity contribution in [3.05, 3.63) is 26.3 Å². The topological polar surface area (TPSA) is 63.3 Å². The van der Waals surface area contributed by atoms with Gasteiger partial charge in [0.05, 0.1) is 5.56 Å². The molecule has 0 fully saturated rings. The van der Waals surface area contributed by atoms with Crippen LogP contribution < -0.4 is 5.73 Å². The van der Waals surface area contributed by atoms with E-state index in [1.54, 1.807) is 6.07 Å². The van der Waals surface area contributed by atoms with Gasteiger partial charge in [0.2, 0.25) is 0 Å². The van der Waals surface area contributed by atoms with Crippen LogP contribution in [0.15, 0.2) is 6.07 Å². The van der Waals surface area contributed by atoms with Crippen LogP contribution in [-0.2, 0) is 12.8 Å². The number of hydrogen-bond donors (Lipinski definition) is 2. The molecule has 15 heavy (non-hydrogen) atoms. The third kappa shape index (κ3) is 1.82. The van der Waals surface area contributed by atoms with Gasteiger partial charge in [0.25, 0.3) is 0 Å². The maximum absolute atomic E-state index is 11.0. The molecule has 0 amide bonds. The fraction of sp³-hybridized carbons (Fsp3) is 0.364. The van der Waals surface area contributed by atoms with Crippen molar-refractivity contribution in [2.45, 2.75) is 25.7 Å². The number of benzene rings is 1. The summed E-state index contributed by atoms with van der Waals surface area (Å²) in [5.41, 5.74) is 8.92. The van der Waals surface area contributed by atoms with E-state index in [1.165, 1.54) is 12.0 Å². The number of rotatable bonds is 1. The average Bonchev–Trinajstić information content (AvgIpc) is 2.23. The van der Waals surface area contributed by atoms with E-state index < -0.39 is 5.97 Å². The van der Waals surface area contributed by atoms with Crippen LogP contribution in [0.1, 0.15) is 34.3 Å². The Hall–Kier alpha value is -0.780. The minimum atomic E-state index is -0.932. The van der Waals surface area contributed by atoms with E-state index in [0.717, 1.165) is 28.4 Å². The van der Waals surface area contributed by atoms with Crippen molar-refractivity contribution in [1.29, 1.82) is 0 Å². The highest BCUT2D eigenvalue weighted by Crippen LogP contribution is 2.32. The molecule has 0 unspecified atom stereocenters. The number of halogens is 1. The molecular formula is C11H12INO2. The van der Waals surface area contributed by atoms with Crippen LogP contribution in [0.2, 0.25) is 0 Å². The van der Waals surface area contributed by atoms with Gasteiger partial charge in [-0.2, -0.15) is 0 Å². The second kappa shape index (κ2) is 4.00. The van der Waals surface area contributed by atoms with E-state index in [4.69, 9.17) is 10.8 Å². The maximum atomic E-state index is 11.0. The zero-order valence-corrected chi connectivity index (χ0v) is 10.4. The summed E-state index contributed by atoms with van der Waals surface area (Å²) in [6, 6.07) is 1.68. The van der Waals surface area contributed by atoms with Crippen molar-refractivity contribution in [3.63, 3.8) is 0 Å². The summed E-state index contributed by atoms with van der Waals surface area (Å²) in [7, 11) is 0. The minimum absolute atomic E-state index is 0.250. The molecule has 0 spiro atoms. The molecule has 1 aliphatic carbocycles. The Morgan fingerprint density at radius 1 is 1.33 bits per heavy atom. The van der Waals surface area contributed by atoms with Crippen LogP contribution in [0, 0.1) is 3.57 Å². The number of hydrogen-bond acceptors (Lipinski definition) is 2. The third-order valence-electron chi connectivity index (χ3n) is 2.87. The lowest BCUT2D eigenvalue weighted by molar-refractivity contribution is 0.0698. The number of carboxylic acid groups (broad SMARTS) is 1. The lowest BCUT2D eigenvalue weighted by Crippen LogP contribution is -2.13. The summed E-state index contributed by atoms with van der Waals surface area (Å²) < 4.78 is 1.04. The lowest BCUT2D eigenvalue weighted by atomic mass is 9.89. The Balaban J connectivity index is 2.64. The summed E-state index contributed by atoms with van der Waals surface area (Å²) in [6.45, 7) is 0. The van der Waals surface area contributed by atoms with Crippen molar-refractivity contribution in [2.24, 2.45) is 0 Å². The second-order valence-electron chi connectivity index (χ2n) is 3.79. The van der Waals surface area contributed by atoms with E-state index >= 15 is 0 Å². The zero-order valence-electron chi connectivity index (χ0n) is 8.22. The van der Waals surface area contributed by atoms with Crippen molar-refractivity contribution >= 4 is 34.2 Å². The first-order chi connectivity index (χ1) is 7.11. The van der Waals surface area contributed by atoms with E-state index in [9.17, 15) is 4.79 Å². The molecule has 0 radical (unpaired) electrons. The molecule has 2 rings (SSSR count). The fourth-order valence-electron chi connectivity index (χ4n) is 2.10. The van der Waals surface area contributed by atoms with Crippen molar-refractivity contribution < 1.29 is 9.90 Å². The Labute approximate surface area is 102 Å². The first kappa shape index (κ1) is 10.7. The summed E-state index contributed by atoms with van der Waals surface area (Å²) in [5.74, 6) is -0.932. The molecule has 3 N–H and O–H groups in total. The number of nitrogen functional groups attached to an aromatic ring is 1. The van der Waals surface area contributed by atoms with Gasteiger partial charge in [0.1, 0.15) is 0 Å². The average molecular weight is 317 g/mol. The predicted molar refractivity (Wildman–Crippen MR) is 67.2 cm³/mol. The summed E-state index contributed by atoms with van der Waals surface area (Å²) >= 11 is 2.20. The number of anilines is 1. The van der Waals surface area contributed by atoms with Gasteiger partial charge in [-0.1, -0.05) is 0 Å². The number of carboxylic acids is 1. The molecule has 0 heterocycles. The number of carbonyl (C=O) groups is 1. The Bertz CT molecular complexity index is 429.